The Labute approximate surface area is 131 Å². The van der Waals surface area contributed by atoms with Gasteiger partial charge >= 0.3 is 0 Å². The number of likely N-dealkylation sites (tertiary alicyclic amines) is 1. The van der Waals surface area contributed by atoms with Gasteiger partial charge in [0.15, 0.2) is 0 Å². The molecule has 116 valence electrons. The van der Waals surface area contributed by atoms with Crippen molar-refractivity contribution in [2.24, 2.45) is 0 Å². The highest BCUT2D eigenvalue weighted by atomic mass is 16.5. The summed E-state index contributed by atoms with van der Waals surface area (Å²) in [5.74, 6) is 1.15. The van der Waals surface area contributed by atoms with Gasteiger partial charge in [-0.1, -0.05) is 11.2 Å². The number of aromatic nitrogens is 5. The van der Waals surface area contributed by atoms with Gasteiger partial charge in [-0.2, -0.15) is 10.1 Å². The summed E-state index contributed by atoms with van der Waals surface area (Å²) in [4.78, 5) is 22.4. The summed E-state index contributed by atoms with van der Waals surface area (Å²) < 4.78 is 6.91. The molecule has 1 aliphatic heterocycles. The topological polar surface area (TPSA) is 89.9 Å². The molecule has 0 bridgehead atoms. The van der Waals surface area contributed by atoms with Crippen molar-refractivity contribution in [1.82, 2.24) is 29.8 Å². The van der Waals surface area contributed by atoms with E-state index in [1.807, 2.05) is 18.2 Å². The van der Waals surface area contributed by atoms with E-state index in [2.05, 4.69) is 20.2 Å². The normalized spacial score (nSPS) is 14.7. The predicted molar refractivity (Wildman–Crippen MR) is 79.1 cm³/mol. The van der Waals surface area contributed by atoms with Gasteiger partial charge in [0.2, 0.25) is 17.6 Å². The molecule has 0 spiro atoms. The second-order valence-corrected chi connectivity index (χ2v) is 5.37. The van der Waals surface area contributed by atoms with Crippen LogP contribution in [0.25, 0.3) is 11.5 Å². The van der Waals surface area contributed by atoms with Gasteiger partial charge in [0, 0.05) is 31.7 Å². The Bertz CT molecular complexity index is 793. The molecule has 3 aromatic rings. The molecule has 1 aliphatic rings. The summed E-state index contributed by atoms with van der Waals surface area (Å²) in [6.45, 7) is 1.43. The van der Waals surface area contributed by atoms with Crippen molar-refractivity contribution >= 4 is 5.91 Å². The number of hydrogen-bond acceptors (Lipinski definition) is 6. The van der Waals surface area contributed by atoms with Gasteiger partial charge in [-0.15, -0.1) is 0 Å². The standard InChI is InChI=1S/C15H14N6O2/c22-13(10-21-7-3-6-17-21)20-8-11(9-20)15-18-14(19-23-15)12-4-1-2-5-16-12/h1-7,11H,8-10H2. The lowest BCUT2D eigenvalue weighted by molar-refractivity contribution is -0.136. The van der Waals surface area contributed by atoms with Crippen molar-refractivity contribution < 1.29 is 9.32 Å². The first-order valence-electron chi connectivity index (χ1n) is 7.30. The van der Waals surface area contributed by atoms with Crippen LogP contribution >= 0.6 is 0 Å². The molecule has 8 nitrogen and oxygen atoms in total. The third-order valence-electron chi connectivity index (χ3n) is 3.78. The summed E-state index contributed by atoms with van der Waals surface area (Å²) in [6.07, 6.45) is 5.11. The fraction of sp³-hybridized carbons (Fsp3) is 0.267. The summed E-state index contributed by atoms with van der Waals surface area (Å²) >= 11 is 0. The SMILES string of the molecule is O=C(Cn1cccn1)N1CC(c2nc(-c3ccccn3)no2)C1. The average Bonchev–Trinajstić information content (AvgIpc) is 3.18. The fourth-order valence-electron chi connectivity index (χ4n) is 2.47. The van der Waals surface area contributed by atoms with Gasteiger partial charge in [0.1, 0.15) is 12.2 Å². The van der Waals surface area contributed by atoms with Gasteiger partial charge in [-0.05, 0) is 18.2 Å². The zero-order valence-electron chi connectivity index (χ0n) is 12.2. The van der Waals surface area contributed by atoms with E-state index in [1.54, 1.807) is 34.2 Å². The molecular formula is C15H14N6O2. The fourth-order valence-corrected chi connectivity index (χ4v) is 2.47. The summed E-state index contributed by atoms with van der Waals surface area (Å²) in [6, 6.07) is 7.33. The lowest BCUT2D eigenvalue weighted by Gasteiger charge is -2.37. The first-order valence-corrected chi connectivity index (χ1v) is 7.30. The number of carbonyl (C=O) groups excluding carboxylic acids is 1. The molecule has 4 rings (SSSR count). The third-order valence-corrected chi connectivity index (χ3v) is 3.78. The predicted octanol–water partition coefficient (Wildman–Crippen LogP) is 0.954. The molecule has 0 radical (unpaired) electrons. The van der Waals surface area contributed by atoms with Crippen LogP contribution < -0.4 is 0 Å². The van der Waals surface area contributed by atoms with E-state index in [-0.39, 0.29) is 18.4 Å². The monoisotopic (exact) mass is 310 g/mol. The Morgan fingerprint density at radius 2 is 2.17 bits per heavy atom. The maximum Gasteiger partial charge on any atom is 0.244 e. The number of rotatable bonds is 4. The average molecular weight is 310 g/mol. The minimum atomic E-state index is 0.0365. The van der Waals surface area contributed by atoms with Crippen LogP contribution in [0.2, 0.25) is 0 Å². The van der Waals surface area contributed by atoms with Crippen LogP contribution in [0.4, 0.5) is 0 Å². The quantitative estimate of drug-likeness (QED) is 0.713. The first kappa shape index (κ1) is 13.6. The number of nitrogens with zero attached hydrogens (tertiary/aromatic N) is 6. The largest absolute Gasteiger partial charge is 0.339 e. The van der Waals surface area contributed by atoms with E-state index in [4.69, 9.17) is 4.52 Å². The van der Waals surface area contributed by atoms with E-state index < -0.39 is 0 Å². The molecule has 0 unspecified atom stereocenters. The Morgan fingerprint density at radius 3 is 2.91 bits per heavy atom. The van der Waals surface area contributed by atoms with Gasteiger partial charge in [0.25, 0.3) is 0 Å². The molecule has 0 saturated carbocycles. The van der Waals surface area contributed by atoms with Crippen molar-refractivity contribution in [2.45, 2.75) is 12.5 Å². The molecule has 0 N–H and O–H groups in total. The van der Waals surface area contributed by atoms with Gasteiger partial charge in [0.05, 0.1) is 5.92 Å². The lowest BCUT2D eigenvalue weighted by atomic mass is 10.00. The lowest BCUT2D eigenvalue weighted by Crippen LogP contribution is -2.49. The first-order chi connectivity index (χ1) is 11.3. The van der Waals surface area contributed by atoms with Crippen LogP contribution in [-0.4, -0.2) is 48.8 Å². The maximum atomic E-state index is 12.1. The van der Waals surface area contributed by atoms with Crippen molar-refractivity contribution in [1.29, 1.82) is 0 Å². The molecule has 0 atom stereocenters. The van der Waals surface area contributed by atoms with Crippen LogP contribution in [0.15, 0.2) is 47.4 Å². The van der Waals surface area contributed by atoms with Crippen LogP contribution in [0.1, 0.15) is 11.8 Å². The molecule has 0 aromatic carbocycles. The van der Waals surface area contributed by atoms with Gasteiger partial charge in [-0.3, -0.25) is 14.5 Å². The second kappa shape index (κ2) is 5.64. The zero-order chi connectivity index (χ0) is 15.6. The highest BCUT2D eigenvalue weighted by Crippen LogP contribution is 2.27. The Morgan fingerprint density at radius 1 is 1.26 bits per heavy atom. The molecule has 1 saturated heterocycles. The Kier molecular flexibility index (Phi) is 3.34. The summed E-state index contributed by atoms with van der Waals surface area (Å²) in [5, 5.41) is 7.99. The maximum absolute atomic E-state index is 12.1. The molecular weight excluding hydrogens is 296 g/mol. The molecule has 8 heteroatoms. The van der Waals surface area contributed by atoms with Crippen LogP contribution in [0.5, 0.6) is 0 Å². The summed E-state index contributed by atoms with van der Waals surface area (Å²) in [5.41, 5.74) is 0.674. The van der Waals surface area contributed by atoms with Gasteiger partial charge in [-0.25, -0.2) is 0 Å². The Hall–Kier alpha value is -3.03. The van der Waals surface area contributed by atoms with E-state index in [9.17, 15) is 4.79 Å². The highest BCUT2D eigenvalue weighted by molar-refractivity contribution is 5.77. The molecule has 4 heterocycles. The van der Waals surface area contributed by atoms with Crippen molar-refractivity contribution in [2.75, 3.05) is 13.1 Å². The van der Waals surface area contributed by atoms with E-state index in [0.29, 0.717) is 30.5 Å². The number of hydrogen-bond donors (Lipinski definition) is 0. The molecule has 1 amide bonds. The molecule has 23 heavy (non-hydrogen) atoms. The highest BCUT2D eigenvalue weighted by Gasteiger charge is 2.35. The van der Waals surface area contributed by atoms with Gasteiger partial charge < -0.3 is 9.42 Å². The van der Waals surface area contributed by atoms with Crippen molar-refractivity contribution in [3.8, 4) is 11.5 Å². The number of carbonyl (C=O) groups is 1. The molecule has 1 fully saturated rings. The smallest absolute Gasteiger partial charge is 0.244 e. The molecule has 3 aromatic heterocycles. The molecule has 0 aliphatic carbocycles. The van der Waals surface area contributed by atoms with E-state index in [0.717, 1.165) is 0 Å². The number of amides is 1. The van der Waals surface area contributed by atoms with Crippen LogP contribution in [0, 0.1) is 0 Å². The minimum Gasteiger partial charge on any atom is -0.339 e. The minimum absolute atomic E-state index is 0.0365. The van der Waals surface area contributed by atoms with Crippen molar-refractivity contribution in [3.63, 3.8) is 0 Å². The van der Waals surface area contributed by atoms with E-state index in [1.165, 1.54) is 0 Å². The Balaban J connectivity index is 1.37. The van der Waals surface area contributed by atoms with Crippen molar-refractivity contribution in [3.05, 3.63) is 48.7 Å². The second-order valence-electron chi connectivity index (χ2n) is 5.37. The zero-order valence-corrected chi connectivity index (χ0v) is 12.2. The number of pyridine rings is 1. The van der Waals surface area contributed by atoms with E-state index >= 15 is 0 Å². The third kappa shape index (κ3) is 2.70. The van der Waals surface area contributed by atoms with Crippen LogP contribution in [-0.2, 0) is 11.3 Å². The summed E-state index contributed by atoms with van der Waals surface area (Å²) in [7, 11) is 0. The van der Waals surface area contributed by atoms with Crippen LogP contribution in [0.3, 0.4) is 0 Å².